The van der Waals surface area contributed by atoms with Crippen molar-refractivity contribution in [2.45, 2.75) is 57.2 Å². The summed E-state index contributed by atoms with van der Waals surface area (Å²) in [5, 5.41) is 3.01. The summed E-state index contributed by atoms with van der Waals surface area (Å²) in [6.45, 7) is 9.04. The van der Waals surface area contributed by atoms with Crippen LogP contribution in [0.25, 0.3) is 0 Å². The molecule has 0 bridgehead atoms. The van der Waals surface area contributed by atoms with E-state index in [1.54, 1.807) is 11.8 Å². The van der Waals surface area contributed by atoms with E-state index in [2.05, 4.69) is 45.0 Å². The highest BCUT2D eigenvalue weighted by Gasteiger charge is 2.60. The van der Waals surface area contributed by atoms with Crippen molar-refractivity contribution in [2.24, 2.45) is 0 Å². The van der Waals surface area contributed by atoms with Crippen molar-refractivity contribution in [3.05, 3.63) is 0 Å². The fourth-order valence-corrected chi connectivity index (χ4v) is 4.26. The van der Waals surface area contributed by atoms with Crippen LogP contribution in [0.1, 0.15) is 40.5 Å². The molecule has 0 radical (unpaired) electrons. The molecule has 2 rings (SSSR count). The second-order valence-corrected chi connectivity index (χ2v) is 8.48. The van der Waals surface area contributed by atoms with E-state index in [4.69, 9.17) is 0 Å². The summed E-state index contributed by atoms with van der Waals surface area (Å²) in [7, 11) is 2.10. The van der Waals surface area contributed by atoms with Crippen LogP contribution in [0.5, 0.6) is 0 Å². The molecule has 2 fully saturated rings. The van der Waals surface area contributed by atoms with Crippen molar-refractivity contribution in [3.63, 3.8) is 0 Å². The molecule has 1 spiro atoms. The minimum Gasteiger partial charge on any atom is -0.323 e. The fraction of sp³-hybridized carbons (Fsp3) is 0.867. The average Bonchev–Trinajstić information content (AvgIpc) is 2.55. The van der Waals surface area contributed by atoms with Gasteiger partial charge in [0.1, 0.15) is 5.54 Å². The van der Waals surface area contributed by atoms with E-state index in [1.807, 2.05) is 6.26 Å². The van der Waals surface area contributed by atoms with Crippen LogP contribution in [0.2, 0.25) is 0 Å². The van der Waals surface area contributed by atoms with Crippen LogP contribution in [0, 0.1) is 0 Å². The van der Waals surface area contributed by atoms with E-state index < -0.39 is 5.54 Å². The zero-order valence-corrected chi connectivity index (χ0v) is 14.8. The summed E-state index contributed by atoms with van der Waals surface area (Å²) in [4.78, 5) is 28.8. The molecule has 6 heteroatoms. The number of nitrogens with zero attached hydrogens (tertiary/aromatic N) is 2. The molecule has 120 valence electrons. The van der Waals surface area contributed by atoms with Gasteiger partial charge in [-0.2, -0.15) is 11.8 Å². The third-order valence-electron chi connectivity index (χ3n) is 5.05. The maximum absolute atomic E-state index is 12.9. The minimum absolute atomic E-state index is 0.0456. The zero-order chi connectivity index (χ0) is 16.1. The molecule has 2 heterocycles. The van der Waals surface area contributed by atoms with Crippen molar-refractivity contribution in [1.29, 1.82) is 0 Å². The standard InChI is InChI=1S/C15H27N3O2S/c1-13(2)9-15(10-14(3,4)17(13)5)11(19)18(7-8-21-6)12(20)16-15/h7-10H2,1-6H3,(H,16,20). The molecule has 0 aromatic heterocycles. The lowest BCUT2D eigenvalue weighted by Gasteiger charge is -2.56. The van der Waals surface area contributed by atoms with Crippen LogP contribution < -0.4 is 5.32 Å². The lowest BCUT2D eigenvalue weighted by molar-refractivity contribution is -0.139. The summed E-state index contributed by atoms with van der Waals surface area (Å²) < 4.78 is 0. The van der Waals surface area contributed by atoms with Crippen molar-refractivity contribution in [2.75, 3.05) is 25.6 Å². The first-order chi connectivity index (χ1) is 9.56. The Morgan fingerprint density at radius 2 is 1.67 bits per heavy atom. The van der Waals surface area contributed by atoms with E-state index >= 15 is 0 Å². The van der Waals surface area contributed by atoms with Gasteiger partial charge in [-0.3, -0.25) is 14.6 Å². The number of thioether (sulfide) groups is 1. The molecule has 2 aliphatic heterocycles. The number of rotatable bonds is 3. The maximum Gasteiger partial charge on any atom is 0.325 e. The molecule has 0 aromatic rings. The molecule has 0 saturated carbocycles. The first-order valence-corrected chi connectivity index (χ1v) is 8.82. The highest BCUT2D eigenvalue weighted by molar-refractivity contribution is 7.98. The van der Waals surface area contributed by atoms with Crippen molar-refractivity contribution in [3.8, 4) is 0 Å². The van der Waals surface area contributed by atoms with Gasteiger partial charge in [-0.05, 0) is 53.8 Å². The van der Waals surface area contributed by atoms with Gasteiger partial charge in [-0.1, -0.05) is 0 Å². The summed E-state index contributed by atoms with van der Waals surface area (Å²) in [5.41, 5.74) is -1.02. The number of hydrogen-bond donors (Lipinski definition) is 1. The molecule has 1 N–H and O–H groups in total. The summed E-state index contributed by atoms with van der Waals surface area (Å²) >= 11 is 1.65. The van der Waals surface area contributed by atoms with Gasteiger partial charge in [-0.15, -0.1) is 0 Å². The molecule has 0 aliphatic carbocycles. The monoisotopic (exact) mass is 313 g/mol. The molecular weight excluding hydrogens is 286 g/mol. The molecule has 0 atom stereocenters. The predicted octanol–water partition coefficient (Wildman–Crippen LogP) is 1.92. The lowest BCUT2D eigenvalue weighted by atomic mass is 9.69. The highest BCUT2D eigenvalue weighted by atomic mass is 32.2. The summed E-state index contributed by atoms with van der Waals surface area (Å²) in [5.74, 6) is 0.734. The van der Waals surface area contributed by atoms with Crippen LogP contribution in [-0.2, 0) is 4.79 Å². The second kappa shape index (κ2) is 5.16. The third-order valence-corrected chi connectivity index (χ3v) is 5.64. The molecule has 2 saturated heterocycles. The minimum atomic E-state index is -0.741. The van der Waals surface area contributed by atoms with Gasteiger partial charge in [0.2, 0.25) is 0 Å². The Morgan fingerprint density at radius 1 is 1.14 bits per heavy atom. The van der Waals surface area contributed by atoms with Crippen LogP contribution in [-0.4, -0.2) is 64.0 Å². The number of carbonyl (C=O) groups is 2. The van der Waals surface area contributed by atoms with Crippen LogP contribution in [0.4, 0.5) is 4.79 Å². The Balaban J connectivity index is 2.31. The van der Waals surface area contributed by atoms with Gasteiger partial charge >= 0.3 is 6.03 Å². The van der Waals surface area contributed by atoms with Crippen molar-refractivity contribution >= 4 is 23.7 Å². The van der Waals surface area contributed by atoms with Gasteiger partial charge in [0.05, 0.1) is 0 Å². The van der Waals surface area contributed by atoms with Crippen LogP contribution in [0.3, 0.4) is 0 Å². The normalized spacial score (nSPS) is 27.2. The molecule has 3 amide bonds. The number of hydrogen-bond acceptors (Lipinski definition) is 4. The average molecular weight is 313 g/mol. The first-order valence-electron chi connectivity index (χ1n) is 7.43. The van der Waals surface area contributed by atoms with Gasteiger partial charge < -0.3 is 5.32 Å². The Kier molecular flexibility index (Phi) is 4.08. The number of amides is 3. The Morgan fingerprint density at radius 3 is 2.14 bits per heavy atom. The van der Waals surface area contributed by atoms with Gasteiger partial charge in [0.15, 0.2) is 0 Å². The first kappa shape index (κ1) is 16.6. The predicted molar refractivity (Wildman–Crippen MR) is 86.5 cm³/mol. The van der Waals surface area contributed by atoms with E-state index in [0.29, 0.717) is 19.4 Å². The van der Waals surface area contributed by atoms with E-state index in [-0.39, 0.29) is 23.0 Å². The number of imide groups is 1. The Labute approximate surface area is 131 Å². The van der Waals surface area contributed by atoms with Crippen molar-refractivity contribution < 1.29 is 9.59 Å². The third kappa shape index (κ3) is 2.68. The zero-order valence-electron chi connectivity index (χ0n) is 13.9. The van der Waals surface area contributed by atoms with E-state index in [0.717, 1.165) is 5.75 Å². The van der Waals surface area contributed by atoms with Gasteiger partial charge in [0, 0.05) is 23.4 Å². The second-order valence-electron chi connectivity index (χ2n) is 7.50. The smallest absolute Gasteiger partial charge is 0.323 e. The molecular formula is C15H27N3O2S. The SMILES string of the molecule is CSCCN1C(=O)NC2(CC(C)(C)N(C)C(C)(C)C2)C1=O. The quantitative estimate of drug-likeness (QED) is 0.809. The molecule has 21 heavy (non-hydrogen) atoms. The Hall–Kier alpha value is -0.750. The highest BCUT2D eigenvalue weighted by Crippen LogP contribution is 2.44. The number of likely N-dealkylation sites (tertiary alicyclic amines) is 1. The topological polar surface area (TPSA) is 52.7 Å². The summed E-state index contributed by atoms with van der Waals surface area (Å²) in [6.07, 6.45) is 3.29. The summed E-state index contributed by atoms with van der Waals surface area (Å²) in [6, 6.07) is -0.231. The fourth-order valence-electron chi connectivity index (χ4n) is 3.90. The lowest BCUT2D eigenvalue weighted by Crippen LogP contribution is -2.68. The largest absolute Gasteiger partial charge is 0.325 e. The van der Waals surface area contributed by atoms with Crippen molar-refractivity contribution in [1.82, 2.24) is 15.1 Å². The number of nitrogens with one attached hydrogen (secondary N) is 1. The number of piperidine rings is 1. The van der Waals surface area contributed by atoms with Crippen LogP contribution >= 0.6 is 11.8 Å². The molecule has 5 nitrogen and oxygen atoms in total. The van der Waals surface area contributed by atoms with E-state index in [9.17, 15) is 9.59 Å². The molecule has 0 unspecified atom stereocenters. The van der Waals surface area contributed by atoms with E-state index in [1.165, 1.54) is 4.90 Å². The Bertz CT molecular complexity index is 444. The van der Waals surface area contributed by atoms with Gasteiger partial charge in [-0.25, -0.2) is 4.79 Å². The molecule has 0 aromatic carbocycles. The number of urea groups is 1. The molecule has 2 aliphatic rings. The maximum atomic E-state index is 12.9. The number of carbonyl (C=O) groups excluding carboxylic acids is 2. The van der Waals surface area contributed by atoms with Gasteiger partial charge in [0.25, 0.3) is 5.91 Å². The van der Waals surface area contributed by atoms with Crippen LogP contribution in [0.15, 0.2) is 0 Å².